The van der Waals surface area contributed by atoms with E-state index in [1.807, 2.05) is 32.0 Å². The molecular formula is C14H17NO. The Bertz CT molecular complexity index is 429. The molecule has 0 aromatic heterocycles. The highest BCUT2D eigenvalue weighted by Crippen LogP contribution is 2.12. The summed E-state index contributed by atoms with van der Waals surface area (Å²) in [6, 6.07) is 5.54. The first-order chi connectivity index (χ1) is 7.54. The van der Waals surface area contributed by atoms with Crippen LogP contribution in [0.15, 0.2) is 18.2 Å². The standard InChI is InChI=1S/C14H17NO/c1-4-5-13(15)14(16)9-12-8-10(2)6-7-11(12)3/h1,6-8,13H,5,9,15H2,2-3H3. The van der Waals surface area contributed by atoms with E-state index in [4.69, 9.17) is 12.2 Å². The van der Waals surface area contributed by atoms with Crippen molar-refractivity contribution in [1.82, 2.24) is 0 Å². The summed E-state index contributed by atoms with van der Waals surface area (Å²) in [7, 11) is 0. The molecule has 0 bridgehead atoms. The van der Waals surface area contributed by atoms with E-state index in [-0.39, 0.29) is 5.78 Å². The zero-order chi connectivity index (χ0) is 12.1. The van der Waals surface area contributed by atoms with E-state index in [1.54, 1.807) is 0 Å². The average Bonchev–Trinajstić information content (AvgIpc) is 2.23. The molecule has 1 rings (SSSR count). The second-order valence-corrected chi connectivity index (χ2v) is 4.09. The van der Waals surface area contributed by atoms with Crippen molar-refractivity contribution in [2.75, 3.05) is 0 Å². The molecular weight excluding hydrogens is 198 g/mol. The maximum Gasteiger partial charge on any atom is 0.154 e. The number of Topliss-reactive ketones (excluding diaryl/α,β-unsaturated/α-hetero) is 1. The summed E-state index contributed by atoms with van der Waals surface area (Å²) in [6.45, 7) is 4.00. The molecule has 0 amide bonds. The Hall–Kier alpha value is -1.59. The number of hydrogen-bond acceptors (Lipinski definition) is 2. The van der Waals surface area contributed by atoms with Gasteiger partial charge in [-0.2, -0.15) is 0 Å². The maximum absolute atomic E-state index is 11.7. The van der Waals surface area contributed by atoms with Crippen molar-refractivity contribution in [1.29, 1.82) is 0 Å². The smallest absolute Gasteiger partial charge is 0.154 e. The van der Waals surface area contributed by atoms with Gasteiger partial charge in [-0.25, -0.2) is 0 Å². The zero-order valence-corrected chi connectivity index (χ0v) is 9.79. The van der Waals surface area contributed by atoms with Gasteiger partial charge in [-0.15, -0.1) is 12.3 Å². The number of carbonyl (C=O) groups excluding carboxylic acids is 1. The summed E-state index contributed by atoms with van der Waals surface area (Å²) < 4.78 is 0. The normalized spacial score (nSPS) is 11.9. The average molecular weight is 215 g/mol. The number of hydrogen-bond donors (Lipinski definition) is 1. The van der Waals surface area contributed by atoms with Gasteiger partial charge in [0.15, 0.2) is 5.78 Å². The van der Waals surface area contributed by atoms with Gasteiger partial charge >= 0.3 is 0 Å². The van der Waals surface area contributed by atoms with Gasteiger partial charge in [-0.05, 0) is 25.0 Å². The fraction of sp³-hybridized carbons (Fsp3) is 0.357. The molecule has 0 aliphatic rings. The van der Waals surface area contributed by atoms with Crippen LogP contribution in [0.3, 0.4) is 0 Å². The Kier molecular flexibility index (Phi) is 4.28. The van der Waals surface area contributed by atoms with Gasteiger partial charge in [0.1, 0.15) is 0 Å². The second kappa shape index (κ2) is 5.48. The fourth-order valence-corrected chi connectivity index (χ4v) is 1.55. The van der Waals surface area contributed by atoms with Crippen molar-refractivity contribution in [3.63, 3.8) is 0 Å². The lowest BCUT2D eigenvalue weighted by Crippen LogP contribution is -2.31. The lowest BCUT2D eigenvalue weighted by Gasteiger charge is -2.09. The third-order valence-electron chi connectivity index (χ3n) is 2.62. The number of benzene rings is 1. The van der Waals surface area contributed by atoms with E-state index < -0.39 is 6.04 Å². The molecule has 1 aromatic carbocycles. The van der Waals surface area contributed by atoms with Crippen LogP contribution in [-0.4, -0.2) is 11.8 Å². The number of ketones is 1. The van der Waals surface area contributed by atoms with Gasteiger partial charge in [-0.1, -0.05) is 23.8 Å². The minimum absolute atomic E-state index is 0.00616. The molecule has 0 radical (unpaired) electrons. The highest BCUT2D eigenvalue weighted by molar-refractivity contribution is 5.86. The van der Waals surface area contributed by atoms with Gasteiger partial charge in [0, 0.05) is 12.8 Å². The van der Waals surface area contributed by atoms with E-state index in [0.717, 1.165) is 16.7 Å². The summed E-state index contributed by atoms with van der Waals surface area (Å²) in [5, 5.41) is 0. The van der Waals surface area contributed by atoms with E-state index in [1.165, 1.54) is 0 Å². The lowest BCUT2D eigenvalue weighted by atomic mass is 9.97. The summed E-state index contributed by atoms with van der Waals surface area (Å²) in [4.78, 5) is 11.7. The van der Waals surface area contributed by atoms with Crippen LogP contribution < -0.4 is 5.73 Å². The van der Waals surface area contributed by atoms with Gasteiger partial charge in [0.25, 0.3) is 0 Å². The maximum atomic E-state index is 11.7. The predicted molar refractivity (Wildman–Crippen MR) is 66.1 cm³/mol. The quantitative estimate of drug-likeness (QED) is 0.778. The van der Waals surface area contributed by atoms with Crippen LogP contribution in [0.2, 0.25) is 0 Å². The molecule has 0 saturated carbocycles. The molecule has 1 aromatic rings. The summed E-state index contributed by atoms with van der Waals surface area (Å²) in [6.07, 6.45) is 5.81. The Morgan fingerprint density at radius 2 is 2.19 bits per heavy atom. The summed E-state index contributed by atoms with van der Waals surface area (Å²) in [5.74, 6) is 2.42. The number of aryl methyl sites for hydroxylation is 2. The van der Waals surface area contributed by atoms with Gasteiger partial charge in [-0.3, -0.25) is 4.79 Å². The van der Waals surface area contributed by atoms with Crippen molar-refractivity contribution in [3.8, 4) is 12.3 Å². The molecule has 2 nitrogen and oxygen atoms in total. The minimum Gasteiger partial charge on any atom is -0.321 e. The topological polar surface area (TPSA) is 43.1 Å². The van der Waals surface area contributed by atoms with Crippen LogP contribution in [-0.2, 0) is 11.2 Å². The van der Waals surface area contributed by atoms with E-state index in [2.05, 4.69) is 5.92 Å². The molecule has 16 heavy (non-hydrogen) atoms. The number of rotatable bonds is 4. The van der Waals surface area contributed by atoms with Crippen molar-refractivity contribution in [2.45, 2.75) is 32.7 Å². The Labute approximate surface area is 96.9 Å². The molecule has 2 N–H and O–H groups in total. The Balaban J connectivity index is 2.77. The van der Waals surface area contributed by atoms with E-state index >= 15 is 0 Å². The first-order valence-electron chi connectivity index (χ1n) is 5.32. The molecule has 84 valence electrons. The molecule has 1 atom stereocenters. The van der Waals surface area contributed by atoms with Crippen LogP contribution in [0.5, 0.6) is 0 Å². The largest absolute Gasteiger partial charge is 0.321 e. The van der Waals surface area contributed by atoms with Crippen LogP contribution in [0.1, 0.15) is 23.1 Å². The van der Waals surface area contributed by atoms with Crippen LogP contribution in [0.4, 0.5) is 0 Å². The Morgan fingerprint density at radius 1 is 1.50 bits per heavy atom. The molecule has 1 unspecified atom stereocenters. The third kappa shape index (κ3) is 3.22. The van der Waals surface area contributed by atoms with Gasteiger partial charge in [0.2, 0.25) is 0 Å². The SMILES string of the molecule is C#CCC(N)C(=O)Cc1cc(C)ccc1C. The molecule has 0 aliphatic carbocycles. The molecule has 0 aliphatic heterocycles. The van der Waals surface area contributed by atoms with Crippen LogP contribution >= 0.6 is 0 Å². The number of nitrogens with two attached hydrogens (primary N) is 1. The summed E-state index contributed by atoms with van der Waals surface area (Å²) in [5.41, 5.74) is 8.98. The highest BCUT2D eigenvalue weighted by Gasteiger charge is 2.13. The van der Waals surface area contributed by atoms with E-state index in [0.29, 0.717) is 12.8 Å². The van der Waals surface area contributed by atoms with Crippen molar-refractivity contribution in [2.24, 2.45) is 5.73 Å². The van der Waals surface area contributed by atoms with E-state index in [9.17, 15) is 4.79 Å². The molecule has 0 spiro atoms. The molecule has 0 heterocycles. The molecule has 0 fully saturated rings. The molecule has 2 heteroatoms. The summed E-state index contributed by atoms with van der Waals surface area (Å²) >= 11 is 0. The second-order valence-electron chi connectivity index (χ2n) is 4.09. The van der Waals surface area contributed by atoms with Crippen LogP contribution in [0, 0.1) is 26.2 Å². The van der Waals surface area contributed by atoms with Crippen molar-refractivity contribution >= 4 is 5.78 Å². The number of terminal acetylenes is 1. The van der Waals surface area contributed by atoms with Crippen LogP contribution in [0.25, 0.3) is 0 Å². The zero-order valence-electron chi connectivity index (χ0n) is 9.79. The van der Waals surface area contributed by atoms with Gasteiger partial charge < -0.3 is 5.73 Å². The number of carbonyl (C=O) groups is 1. The lowest BCUT2D eigenvalue weighted by molar-refractivity contribution is -0.119. The highest BCUT2D eigenvalue weighted by atomic mass is 16.1. The predicted octanol–water partition coefficient (Wildman–Crippen LogP) is 1.77. The fourth-order valence-electron chi connectivity index (χ4n) is 1.55. The van der Waals surface area contributed by atoms with Crippen molar-refractivity contribution in [3.05, 3.63) is 34.9 Å². The Morgan fingerprint density at radius 3 is 2.81 bits per heavy atom. The first-order valence-corrected chi connectivity index (χ1v) is 5.32. The minimum atomic E-state index is -0.537. The first kappa shape index (κ1) is 12.5. The monoisotopic (exact) mass is 215 g/mol. The third-order valence-corrected chi connectivity index (χ3v) is 2.62. The van der Waals surface area contributed by atoms with Gasteiger partial charge in [0.05, 0.1) is 6.04 Å². The molecule has 0 saturated heterocycles. The van der Waals surface area contributed by atoms with Crippen molar-refractivity contribution < 1.29 is 4.79 Å².